The van der Waals surface area contributed by atoms with Crippen LogP contribution in [0.25, 0.3) is 22.2 Å². The van der Waals surface area contributed by atoms with Crippen molar-refractivity contribution < 1.29 is 13.9 Å². The molecule has 0 unspecified atom stereocenters. The van der Waals surface area contributed by atoms with E-state index in [0.717, 1.165) is 28.0 Å². The molecule has 0 bridgehead atoms. The fourth-order valence-corrected chi connectivity index (χ4v) is 2.62. The quantitative estimate of drug-likeness (QED) is 0.712. The normalized spacial score (nSPS) is 13.7. The van der Waals surface area contributed by atoms with Gasteiger partial charge in [0.1, 0.15) is 11.3 Å². The number of methoxy groups -OCH3 is 1. The van der Waals surface area contributed by atoms with E-state index in [1.165, 1.54) is 17.5 Å². The van der Waals surface area contributed by atoms with Crippen LogP contribution < -0.4 is 4.74 Å². The van der Waals surface area contributed by atoms with Gasteiger partial charge in [0.25, 0.3) is 0 Å². The van der Waals surface area contributed by atoms with Crippen molar-refractivity contribution in [1.82, 2.24) is 4.98 Å². The molecule has 4 nitrogen and oxygen atoms in total. The molecule has 4 rings (SSSR count). The summed E-state index contributed by atoms with van der Waals surface area (Å²) in [6, 6.07) is 10.2. The van der Waals surface area contributed by atoms with E-state index >= 15 is 0 Å². The SMILES string of the molecule is COc1cc2c(cc1-c1ccc3ncoc3c1)COC2. The number of rotatable bonds is 2. The molecular weight excluding hydrogens is 254 g/mol. The second-order valence-corrected chi connectivity index (χ2v) is 4.85. The maximum atomic E-state index is 5.52. The Labute approximate surface area is 116 Å². The van der Waals surface area contributed by atoms with E-state index < -0.39 is 0 Å². The smallest absolute Gasteiger partial charge is 0.181 e. The lowest BCUT2D eigenvalue weighted by Crippen LogP contribution is -1.92. The van der Waals surface area contributed by atoms with E-state index in [4.69, 9.17) is 13.9 Å². The van der Waals surface area contributed by atoms with E-state index in [0.29, 0.717) is 13.2 Å². The van der Waals surface area contributed by atoms with Gasteiger partial charge in [0.15, 0.2) is 12.0 Å². The highest BCUT2D eigenvalue weighted by Gasteiger charge is 2.17. The van der Waals surface area contributed by atoms with Gasteiger partial charge < -0.3 is 13.9 Å². The van der Waals surface area contributed by atoms with Crippen LogP contribution in [-0.4, -0.2) is 12.1 Å². The van der Waals surface area contributed by atoms with Crippen LogP contribution in [0.15, 0.2) is 41.1 Å². The first-order valence-electron chi connectivity index (χ1n) is 6.46. The number of oxazole rings is 1. The summed E-state index contributed by atoms with van der Waals surface area (Å²) in [5.41, 5.74) is 6.17. The number of aromatic nitrogens is 1. The number of fused-ring (bicyclic) bond motifs is 2. The molecule has 1 aromatic heterocycles. The topological polar surface area (TPSA) is 44.5 Å². The van der Waals surface area contributed by atoms with Crippen molar-refractivity contribution in [2.24, 2.45) is 0 Å². The van der Waals surface area contributed by atoms with Crippen LogP contribution >= 0.6 is 0 Å². The standard InChI is InChI=1S/C16H13NO3/c1-18-15-6-12-8-19-7-11(12)4-13(15)10-2-3-14-16(5-10)20-9-17-14/h2-6,9H,7-8H2,1H3. The summed E-state index contributed by atoms with van der Waals surface area (Å²) >= 11 is 0. The molecule has 2 heterocycles. The highest BCUT2D eigenvalue weighted by Crippen LogP contribution is 2.36. The van der Waals surface area contributed by atoms with Gasteiger partial charge in [-0.1, -0.05) is 6.07 Å². The van der Waals surface area contributed by atoms with Crippen molar-refractivity contribution in [3.63, 3.8) is 0 Å². The highest BCUT2D eigenvalue weighted by atomic mass is 16.5. The molecule has 0 saturated heterocycles. The average Bonchev–Trinajstić information content (AvgIpc) is 3.13. The van der Waals surface area contributed by atoms with Crippen LogP contribution in [0.4, 0.5) is 0 Å². The number of hydrogen-bond donors (Lipinski definition) is 0. The third kappa shape index (κ3) is 1.69. The summed E-state index contributed by atoms with van der Waals surface area (Å²) < 4.78 is 16.4. The molecule has 1 aliphatic heterocycles. The summed E-state index contributed by atoms with van der Waals surface area (Å²) in [6.45, 7) is 1.32. The van der Waals surface area contributed by atoms with Crippen LogP contribution in [0.3, 0.4) is 0 Å². The van der Waals surface area contributed by atoms with E-state index in [-0.39, 0.29) is 0 Å². The fraction of sp³-hybridized carbons (Fsp3) is 0.188. The monoisotopic (exact) mass is 267 g/mol. The Morgan fingerprint density at radius 3 is 2.80 bits per heavy atom. The van der Waals surface area contributed by atoms with Crippen molar-refractivity contribution in [3.8, 4) is 16.9 Å². The molecule has 0 saturated carbocycles. The first-order valence-corrected chi connectivity index (χ1v) is 6.46. The van der Waals surface area contributed by atoms with E-state index in [1.807, 2.05) is 18.2 Å². The zero-order valence-corrected chi connectivity index (χ0v) is 11.1. The van der Waals surface area contributed by atoms with Gasteiger partial charge in [-0.15, -0.1) is 0 Å². The molecular formula is C16H13NO3. The number of benzene rings is 2. The Hall–Kier alpha value is -2.33. The van der Waals surface area contributed by atoms with Crippen molar-refractivity contribution in [1.29, 1.82) is 0 Å². The van der Waals surface area contributed by atoms with Crippen molar-refractivity contribution in [2.75, 3.05) is 7.11 Å². The minimum atomic E-state index is 0.660. The van der Waals surface area contributed by atoms with Crippen LogP contribution in [-0.2, 0) is 18.0 Å². The molecule has 100 valence electrons. The van der Waals surface area contributed by atoms with Gasteiger partial charge in [0.05, 0.1) is 20.3 Å². The van der Waals surface area contributed by atoms with Gasteiger partial charge in [-0.25, -0.2) is 4.98 Å². The highest BCUT2D eigenvalue weighted by molar-refractivity contribution is 5.82. The second-order valence-electron chi connectivity index (χ2n) is 4.85. The molecule has 0 radical (unpaired) electrons. The van der Waals surface area contributed by atoms with Gasteiger partial charge in [-0.05, 0) is 41.0 Å². The van der Waals surface area contributed by atoms with Crippen molar-refractivity contribution in [3.05, 3.63) is 47.9 Å². The minimum Gasteiger partial charge on any atom is -0.496 e. The number of ether oxygens (including phenoxy) is 2. The maximum absolute atomic E-state index is 5.52. The van der Waals surface area contributed by atoms with Crippen molar-refractivity contribution >= 4 is 11.1 Å². The average molecular weight is 267 g/mol. The lowest BCUT2D eigenvalue weighted by molar-refractivity contribution is 0.134. The lowest BCUT2D eigenvalue weighted by Gasteiger charge is -2.11. The summed E-state index contributed by atoms with van der Waals surface area (Å²) in [7, 11) is 1.69. The summed E-state index contributed by atoms with van der Waals surface area (Å²) in [4.78, 5) is 4.14. The molecule has 0 amide bonds. The van der Waals surface area contributed by atoms with Crippen LogP contribution in [0.5, 0.6) is 5.75 Å². The van der Waals surface area contributed by atoms with Crippen LogP contribution in [0.2, 0.25) is 0 Å². The van der Waals surface area contributed by atoms with Gasteiger partial charge in [-0.3, -0.25) is 0 Å². The number of nitrogens with zero attached hydrogens (tertiary/aromatic N) is 1. The molecule has 20 heavy (non-hydrogen) atoms. The molecule has 0 fully saturated rings. The summed E-state index contributed by atoms with van der Waals surface area (Å²) in [6.07, 6.45) is 1.46. The van der Waals surface area contributed by atoms with Gasteiger partial charge in [-0.2, -0.15) is 0 Å². The first-order chi connectivity index (χ1) is 9.85. The third-order valence-corrected chi connectivity index (χ3v) is 3.68. The fourth-order valence-electron chi connectivity index (χ4n) is 2.62. The predicted molar refractivity (Wildman–Crippen MR) is 74.5 cm³/mol. The Morgan fingerprint density at radius 1 is 1.10 bits per heavy atom. The molecule has 4 heteroatoms. The minimum absolute atomic E-state index is 0.660. The van der Waals surface area contributed by atoms with Crippen molar-refractivity contribution in [2.45, 2.75) is 13.2 Å². The predicted octanol–water partition coefficient (Wildman–Crippen LogP) is 3.53. The third-order valence-electron chi connectivity index (χ3n) is 3.68. The van der Waals surface area contributed by atoms with Gasteiger partial charge in [0.2, 0.25) is 0 Å². The Morgan fingerprint density at radius 2 is 1.95 bits per heavy atom. The summed E-state index contributed by atoms with van der Waals surface area (Å²) in [5.74, 6) is 0.855. The Kier molecular flexibility index (Phi) is 2.50. The lowest BCUT2D eigenvalue weighted by atomic mass is 9.99. The molecule has 2 aromatic carbocycles. The van der Waals surface area contributed by atoms with E-state index in [2.05, 4.69) is 17.1 Å². The van der Waals surface area contributed by atoms with Gasteiger partial charge >= 0.3 is 0 Å². The summed E-state index contributed by atoms with van der Waals surface area (Å²) in [5, 5.41) is 0. The Balaban J connectivity index is 1.91. The molecule has 0 N–H and O–H groups in total. The number of hydrogen-bond acceptors (Lipinski definition) is 4. The molecule has 0 atom stereocenters. The zero-order chi connectivity index (χ0) is 13.5. The molecule has 0 aliphatic carbocycles. The van der Waals surface area contributed by atoms with Crippen LogP contribution in [0, 0.1) is 0 Å². The zero-order valence-electron chi connectivity index (χ0n) is 11.1. The molecule has 0 spiro atoms. The van der Waals surface area contributed by atoms with E-state index in [1.54, 1.807) is 7.11 Å². The van der Waals surface area contributed by atoms with Crippen LogP contribution in [0.1, 0.15) is 11.1 Å². The van der Waals surface area contributed by atoms with Gasteiger partial charge in [0, 0.05) is 5.56 Å². The molecule has 3 aromatic rings. The van der Waals surface area contributed by atoms with E-state index in [9.17, 15) is 0 Å². The largest absolute Gasteiger partial charge is 0.496 e. The maximum Gasteiger partial charge on any atom is 0.181 e. The molecule has 1 aliphatic rings. The first kappa shape index (κ1) is 11.5. The second kappa shape index (κ2) is 4.35. The Bertz CT molecular complexity index is 792.